The van der Waals surface area contributed by atoms with Gasteiger partial charge in [0.05, 0.1) is 0 Å². The van der Waals surface area contributed by atoms with Gasteiger partial charge in [0.2, 0.25) is 5.88 Å². The van der Waals surface area contributed by atoms with Crippen LogP contribution in [-0.2, 0) is 0 Å². The Morgan fingerprint density at radius 2 is 2.25 bits per heavy atom. The lowest BCUT2D eigenvalue weighted by Crippen LogP contribution is -2.21. The highest BCUT2D eigenvalue weighted by atomic mass is 19.3. The van der Waals surface area contributed by atoms with Gasteiger partial charge < -0.3 is 4.74 Å². The van der Waals surface area contributed by atoms with Crippen LogP contribution in [0.4, 0.5) is 8.78 Å². The summed E-state index contributed by atoms with van der Waals surface area (Å²) in [7, 11) is 0. The lowest BCUT2D eigenvalue weighted by Gasteiger charge is -2.10. The van der Waals surface area contributed by atoms with E-state index in [1.54, 1.807) is 12.1 Å². The van der Waals surface area contributed by atoms with Crippen LogP contribution in [0.1, 0.15) is 6.92 Å². The van der Waals surface area contributed by atoms with Gasteiger partial charge in [-0.25, -0.2) is 13.8 Å². The van der Waals surface area contributed by atoms with Crippen molar-refractivity contribution in [3.63, 3.8) is 0 Å². The van der Waals surface area contributed by atoms with Gasteiger partial charge in [-0.2, -0.15) is 0 Å². The zero-order valence-electron chi connectivity index (χ0n) is 6.63. The van der Waals surface area contributed by atoms with Gasteiger partial charge in [-0.3, -0.25) is 0 Å². The van der Waals surface area contributed by atoms with Crippen molar-refractivity contribution in [3.05, 3.63) is 24.4 Å². The van der Waals surface area contributed by atoms with Crippen LogP contribution in [0.15, 0.2) is 24.4 Å². The van der Waals surface area contributed by atoms with Gasteiger partial charge in [0.15, 0.2) is 6.61 Å². The minimum absolute atomic E-state index is 0.221. The second-order valence-corrected chi connectivity index (χ2v) is 2.53. The molecule has 66 valence electrons. The smallest absolute Gasteiger partial charge is 0.278 e. The molecular formula is C8H9F2NO. The first-order valence-electron chi connectivity index (χ1n) is 3.49. The van der Waals surface area contributed by atoms with E-state index >= 15 is 0 Å². The van der Waals surface area contributed by atoms with Crippen molar-refractivity contribution < 1.29 is 13.5 Å². The van der Waals surface area contributed by atoms with E-state index in [-0.39, 0.29) is 5.88 Å². The minimum Gasteiger partial charge on any atom is -0.471 e. The normalized spacial score (nSPS) is 11.2. The van der Waals surface area contributed by atoms with Gasteiger partial charge in [0, 0.05) is 19.2 Å². The maximum absolute atomic E-state index is 12.3. The zero-order valence-corrected chi connectivity index (χ0v) is 6.63. The summed E-state index contributed by atoms with van der Waals surface area (Å²) in [6.45, 7) is 0.167. The number of pyridine rings is 1. The van der Waals surface area contributed by atoms with Crippen LogP contribution in [0.5, 0.6) is 5.88 Å². The van der Waals surface area contributed by atoms with Crippen LogP contribution in [0.3, 0.4) is 0 Å². The molecule has 1 aromatic rings. The van der Waals surface area contributed by atoms with Crippen LogP contribution in [0.2, 0.25) is 0 Å². The molecule has 1 aromatic heterocycles. The average Bonchev–Trinajstić information content (AvgIpc) is 2.02. The lowest BCUT2D eigenvalue weighted by atomic mass is 10.4. The predicted molar refractivity (Wildman–Crippen MR) is 40.4 cm³/mol. The third-order valence-electron chi connectivity index (χ3n) is 1.11. The molecule has 0 N–H and O–H groups in total. The summed E-state index contributed by atoms with van der Waals surface area (Å²) >= 11 is 0. The average molecular weight is 173 g/mol. The summed E-state index contributed by atoms with van der Waals surface area (Å²) in [5, 5.41) is 0. The van der Waals surface area contributed by atoms with E-state index in [9.17, 15) is 8.78 Å². The third-order valence-corrected chi connectivity index (χ3v) is 1.11. The first kappa shape index (κ1) is 8.90. The van der Waals surface area contributed by atoms with Crippen LogP contribution in [0, 0.1) is 0 Å². The van der Waals surface area contributed by atoms with E-state index in [0.29, 0.717) is 0 Å². The molecule has 0 aromatic carbocycles. The fraction of sp³-hybridized carbons (Fsp3) is 0.375. The molecule has 0 bridgehead atoms. The van der Waals surface area contributed by atoms with Crippen molar-refractivity contribution in [1.82, 2.24) is 4.98 Å². The van der Waals surface area contributed by atoms with Crippen LogP contribution in [0.25, 0.3) is 0 Å². The van der Waals surface area contributed by atoms with E-state index in [4.69, 9.17) is 4.74 Å². The minimum atomic E-state index is -2.81. The quantitative estimate of drug-likeness (QED) is 0.698. The number of halogens is 2. The molecule has 0 saturated heterocycles. The molecule has 2 nitrogen and oxygen atoms in total. The standard InChI is InChI=1S/C8H9F2NO/c1-8(9,10)6-12-7-4-2-3-5-11-7/h2-5H,6H2,1H3. The Kier molecular flexibility index (Phi) is 2.58. The number of aromatic nitrogens is 1. The highest BCUT2D eigenvalue weighted by Crippen LogP contribution is 2.13. The van der Waals surface area contributed by atoms with Gasteiger partial charge >= 0.3 is 0 Å². The number of hydrogen-bond donors (Lipinski definition) is 0. The van der Waals surface area contributed by atoms with Crippen molar-refractivity contribution in [3.8, 4) is 5.88 Å². The predicted octanol–water partition coefficient (Wildman–Crippen LogP) is 2.12. The molecule has 0 spiro atoms. The molecule has 0 unspecified atom stereocenters. The number of hydrogen-bond acceptors (Lipinski definition) is 2. The Hall–Kier alpha value is -1.19. The van der Waals surface area contributed by atoms with E-state index in [0.717, 1.165) is 6.92 Å². The first-order chi connectivity index (χ1) is 5.58. The van der Waals surface area contributed by atoms with Crippen LogP contribution in [-0.4, -0.2) is 17.5 Å². The fourth-order valence-corrected chi connectivity index (χ4v) is 0.633. The molecule has 0 amide bonds. The van der Waals surface area contributed by atoms with E-state index in [1.165, 1.54) is 12.3 Å². The summed E-state index contributed by atoms with van der Waals surface area (Å²) in [6.07, 6.45) is 1.49. The fourth-order valence-electron chi connectivity index (χ4n) is 0.633. The third kappa shape index (κ3) is 3.27. The molecule has 0 aliphatic carbocycles. The molecule has 1 rings (SSSR count). The monoisotopic (exact) mass is 173 g/mol. The molecule has 0 aliphatic heterocycles. The Balaban J connectivity index is 2.44. The lowest BCUT2D eigenvalue weighted by molar-refractivity contribution is -0.0242. The molecule has 1 heterocycles. The largest absolute Gasteiger partial charge is 0.471 e. The Bertz CT molecular complexity index is 233. The van der Waals surface area contributed by atoms with Gasteiger partial charge in [0.25, 0.3) is 5.92 Å². The van der Waals surface area contributed by atoms with Crippen molar-refractivity contribution in [2.75, 3.05) is 6.61 Å². The van der Waals surface area contributed by atoms with Crippen molar-refractivity contribution >= 4 is 0 Å². The molecular weight excluding hydrogens is 164 g/mol. The molecule has 0 aliphatic rings. The summed E-state index contributed by atoms with van der Waals surface area (Å²) in [6, 6.07) is 4.90. The topological polar surface area (TPSA) is 22.1 Å². The Morgan fingerprint density at radius 1 is 1.50 bits per heavy atom. The zero-order chi connectivity index (χ0) is 9.03. The number of ether oxygens (including phenoxy) is 1. The summed E-state index contributed by atoms with van der Waals surface area (Å²) in [4.78, 5) is 3.73. The highest BCUT2D eigenvalue weighted by molar-refractivity contribution is 5.09. The Morgan fingerprint density at radius 3 is 2.75 bits per heavy atom. The van der Waals surface area contributed by atoms with Gasteiger partial charge in [-0.05, 0) is 6.07 Å². The van der Waals surface area contributed by atoms with Crippen molar-refractivity contribution in [1.29, 1.82) is 0 Å². The molecule has 0 radical (unpaired) electrons. The van der Waals surface area contributed by atoms with Crippen LogP contribution < -0.4 is 4.74 Å². The molecule has 0 saturated carbocycles. The number of alkyl halides is 2. The molecule has 0 fully saturated rings. The van der Waals surface area contributed by atoms with Gasteiger partial charge in [-0.15, -0.1) is 0 Å². The van der Waals surface area contributed by atoms with Crippen molar-refractivity contribution in [2.45, 2.75) is 12.8 Å². The molecule has 12 heavy (non-hydrogen) atoms. The summed E-state index contributed by atoms with van der Waals surface area (Å²) in [5.41, 5.74) is 0. The highest BCUT2D eigenvalue weighted by Gasteiger charge is 2.21. The number of nitrogens with zero attached hydrogens (tertiary/aromatic N) is 1. The molecule has 4 heteroatoms. The summed E-state index contributed by atoms with van der Waals surface area (Å²) in [5.74, 6) is -2.59. The second-order valence-electron chi connectivity index (χ2n) is 2.53. The van der Waals surface area contributed by atoms with E-state index in [2.05, 4.69) is 4.98 Å². The van der Waals surface area contributed by atoms with Gasteiger partial charge in [0.1, 0.15) is 0 Å². The SMILES string of the molecule is CC(F)(F)COc1ccccn1. The number of rotatable bonds is 3. The van der Waals surface area contributed by atoms with Crippen molar-refractivity contribution in [2.24, 2.45) is 0 Å². The first-order valence-corrected chi connectivity index (χ1v) is 3.49. The van der Waals surface area contributed by atoms with Crippen LogP contribution >= 0.6 is 0 Å². The van der Waals surface area contributed by atoms with Gasteiger partial charge in [-0.1, -0.05) is 6.07 Å². The Labute approximate surface area is 69.2 Å². The second kappa shape index (κ2) is 3.47. The van der Waals surface area contributed by atoms with E-state index < -0.39 is 12.5 Å². The maximum atomic E-state index is 12.3. The molecule has 0 atom stereocenters. The van der Waals surface area contributed by atoms with E-state index in [1.807, 2.05) is 0 Å². The maximum Gasteiger partial charge on any atom is 0.278 e. The summed E-state index contributed by atoms with van der Waals surface area (Å²) < 4.78 is 29.2.